The van der Waals surface area contributed by atoms with Gasteiger partial charge in [-0.1, -0.05) is 12.1 Å². The van der Waals surface area contributed by atoms with E-state index in [1.54, 1.807) is 0 Å². The van der Waals surface area contributed by atoms with E-state index in [-0.39, 0.29) is 5.91 Å². The first-order valence-electron chi connectivity index (χ1n) is 6.47. The molecule has 3 nitrogen and oxygen atoms in total. The van der Waals surface area contributed by atoms with E-state index in [1.807, 2.05) is 36.0 Å². The highest BCUT2D eigenvalue weighted by Gasteiger charge is 2.15. The van der Waals surface area contributed by atoms with Gasteiger partial charge in [-0.05, 0) is 42.7 Å². The molecule has 4 heteroatoms. The molecule has 0 aromatic heterocycles. The molecule has 1 atom stereocenters. The largest absolute Gasteiger partial charge is 0.399 e. The van der Waals surface area contributed by atoms with Crippen molar-refractivity contribution in [2.24, 2.45) is 0 Å². The molecule has 1 amide bonds. The number of carbonyl (C=O) groups is 1. The minimum Gasteiger partial charge on any atom is -0.399 e. The molecule has 1 aromatic rings. The van der Waals surface area contributed by atoms with Crippen molar-refractivity contribution in [1.82, 2.24) is 5.32 Å². The minimum absolute atomic E-state index is 0.152. The first-order valence-corrected chi connectivity index (χ1v) is 7.51. The lowest BCUT2D eigenvalue weighted by atomic mass is 10.1. The van der Waals surface area contributed by atoms with E-state index in [1.165, 1.54) is 18.6 Å². The Morgan fingerprint density at radius 1 is 1.39 bits per heavy atom. The molecule has 18 heavy (non-hydrogen) atoms. The Morgan fingerprint density at radius 3 is 2.83 bits per heavy atom. The van der Waals surface area contributed by atoms with Gasteiger partial charge >= 0.3 is 0 Å². The molecule has 1 aromatic carbocycles. The van der Waals surface area contributed by atoms with E-state index in [2.05, 4.69) is 5.32 Å². The lowest BCUT2D eigenvalue weighted by molar-refractivity contribution is -0.121. The molecule has 1 unspecified atom stereocenters. The SMILES string of the molecule is Nc1ccc(CCC(=O)NCC2CCCS2)cc1. The summed E-state index contributed by atoms with van der Waals surface area (Å²) in [7, 11) is 0. The normalized spacial score (nSPS) is 18.8. The molecule has 0 aliphatic carbocycles. The lowest BCUT2D eigenvalue weighted by Gasteiger charge is -2.10. The summed E-state index contributed by atoms with van der Waals surface area (Å²) in [6, 6.07) is 7.72. The van der Waals surface area contributed by atoms with Crippen LogP contribution in [0.25, 0.3) is 0 Å². The van der Waals surface area contributed by atoms with Gasteiger partial charge in [-0.25, -0.2) is 0 Å². The Hall–Kier alpha value is -1.16. The number of rotatable bonds is 5. The molecule has 0 bridgehead atoms. The summed E-state index contributed by atoms with van der Waals surface area (Å²) in [5, 5.41) is 3.65. The van der Waals surface area contributed by atoms with Gasteiger partial charge in [-0.3, -0.25) is 4.79 Å². The van der Waals surface area contributed by atoms with Crippen molar-refractivity contribution in [1.29, 1.82) is 0 Å². The summed E-state index contributed by atoms with van der Waals surface area (Å²) in [6.07, 6.45) is 3.87. The van der Waals surface area contributed by atoms with Crippen molar-refractivity contribution in [2.45, 2.75) is 30.9 Å². The number of hydrogen-bond donors (Lipinski definition) is 2. The Balaban J connectivity index is 1.66. The first kappa shape index (κ1) is 13.3. The van der Waals surface area contributed by atoms with Crippen LogP contribution in [0.3, 0.4) is 0 Å². The van der Waals surface area contributed by atoms with Crippen LogP contribution in [0.15, 0.2) is 24.3 Å². The summed E-state index contributed by atoms with van der Waals surface area (Å²) < 4.78 is 0. The molecule has 98 valence electrons. The second kappa shape index (κ2) is 6.69. The van der Waals surface area contributed by atoms with Crippen LogP contribution >= 0.6 is 11.8 Å². The van der Waals surface area contributed by atoms with Crippen LogP contribution in [0.5, 0.6) is 0 Å². The zero-order chi connectivity index (χ0) is 12.8. The number of nitrogen functional groups attached to an aromatic ring is 1. The number of nitrogens with one attached hydrogen (secondary N) is 1. The van der Waals surface area contributed by atoms with Crippen LogP contribution in [0.2, 0.25) is 0 Å². The van der Waals surface area contributed by atoms with Gasteiger partial charge in [0.15, 0.2) is 0 Å². The lowest BCUT2D eigenvalue weighted by Crippen LogP contribution is -2.29. The molecule has 1 aliphatic heterocycles. The smallest absolute Gasteiger partial charge is 0.220 e. The van der Waals surface area contributed by atoms with E-state index in [0.29, 0.717) is 11.7 Å². The van der Waals surface area contributed by atoms with Crippen molar-refractivity contribution in [3.63, 3.8) is 0 Å². The third kappa shape index (κ3) is 4.26. The molecular formula is C14H20N2OS. The topological polar surface area (TPSA) is 55.1 Å². The van der Waals surface area contributed by atoms with Gasteiger partial charge in [0.25, 0.3) is 0 Å². The fraction of sp³-hybridized carbons (Fsp3) is 0.500. The van der Waals surface area contributed by atoms with Gasteiger partial charge < -0.3 is 11.1 Å². The second-order valence-electron chi connectivity index (χ2n) is 4.68. The predicted octanol–water partition coefficient (Wildman–Crippen LogP) is 2.21. The second-order valence-corrected chi connectivity index (χ2v) is 6.09. The molecule has 1 saturated heterocycles. The van der Waals surface area contributed by atoms with Gasteiger partial charge in [-0.15, -0.1) is 0 Å². The Morgan fingerprint density at radius 2 is 2.17 bits per heavy atom. The highest BCUT2D eigenvalue weighted by atomic mass is 32.2. The van der Waals surface area contributed by atoms with Gasteiger partial charge in [0.2, 0.25) is 5.91 Å². The van der Waals surface area contributed by atoms with Gasteiger partial charge in [0.05, 0.1) is 0 Å². The number of hydrogen-bond acceptors (Lipinski definition) is 3. The highest BCUT2D eigenvalue weighted by Crippen LogP contribution is 2.25. The standard InChI is InChI=1S/C14H20N2OS/c15-12-6-3-11(4-7-12)5-8-14(17)16-10-13-2-1-9-18-13/h3-4,6-7,13H,1-2,5,8-10,15H2,(H,16,17). The van der Waals surface area contributed by atoms with Gasteiger partial charge in [0, 0.05) is 23.9 Å². The van der Waals surface area contributed by atoms with Crippen molar-refractivity contribution < 1.29 is 4.79 Å². The maximum absolute atomic E-state index is 11.7. The van der Waals surface area contributed by atoms with Gasteiger partial charge in [-0.2, -0.15) is 11.8 Å². The molecule has 1 aliphatic rings. The third-order valence-electron chi connectivity index (χ3n) is 3.17. The van der Waals surface area contributed by atoms with E-state index in [4.69, 9.17) is 5.73 Å². The Bertz CT molecular complexity index is 385. The zero-order valence-electron chi connectivity index (χ0n) is 10.5. The molecule has 0 spiro atoms. The number of benzene rings is 1. The molecule has 0 radical (unpaired) electrons. The van der Waals surface area contributed by atoms with Crippen LogP contribution in [0, 0.1) is 0 Å². The van der Waals surface area contributed by atoms with Crippen LogP contribution < -0.4 is 11.1 Å². The number of nitrogens with two attached hydrogens (primary N) is 1. The Kier molecular flexibility index (Phi) is 4.93. The Labute approximate surface area is 113 Å². The van der Waals surface area contributed by atoms with Crippen LogP contribution in [0.4, 0.5) is 5.69 Å². The summed E-state index contributed by atoms with van der Waals surface area (Å²) in [4.78, 5) is 11.7. The fourth-order valence-corrected chi connectivity index (χ4v) is 3.26. The number of thioether (sulfide) groups is 1. The maximum atomic E-state index is 11.7. The quantitative estimate of drug-likeness (QED) is 0.802. The molecule has 1 fully saturated rings. The van der Waals surface area contributed by atoms with Crippen LogP contribution in [-0.2, 0) is 11.2 Å². The number of amides is 1. The van der Waals surface area contributed by atoms with Crippen LogP contribution in [0.1, 0.15) is 24.8 Å². The summed E-state index contributed by atoms with van der Waals surface area (Å²) in [5.41, 5.74) is 7.55. The maximum Gasteiger partial charge on any atom is 0.220 e. The average Bonchev–Trinajstić information content (AvgIpc) is 2.89. The first-order chi connectivity index (χ1) is 8.74. The van der Waals surface area contributed by atoms with Crippen molar-refractivity contribution in [3.8, 4) is 0 Å². The van der Waals surface area contributed by atoms with E-state index in [9.17, 15) is 4.79 Å². The van der Waals surface area contributed by atoms with E-state index >= 15 is 0 Å². The van der Waals surface area contributed by atoms with Crippen molar-refractivity contribution in [3.05, 3.63) is 29.8 Å². The summed E-state index contributed by atoms with van der Waals surface area (Å²) in [5.74, 6) is 1.39. The molecule has 2 rings (SSSR count). The minimum atomic E-state index is 0.152. The van der Waals surface area contributed by atoms with Crippen molar-refractivity contribution in [2.75, 3.05) is 18.0 Å². The number of carbonyl (C=O) groups excluding carboxylic acids is 1. The van der Waals surface area contributed by atoms with E-state index in [0.717, 1.165) is 24.2 Å². The van der Waals surface area contributed by atoms with Crippen LogP contribution in [-0.4, -0.2) is 23.5 Å². The average molecular weight is 264 g/mol. The van der Waals surface area contributed by atoms with Gasteiger partial charge in [0.1, 0.15) is 0 Å². The third-order valence-corrected chi connectivity index (χ3v) is 4.57. The highest BCUT2D eigenvalue weighted by molar-refractivity contribution is 8.00. The number of aryl methyl sites for hydroxylation is 1. The monoisotopic (exact) mass is 264 g/mol. The molecule has 1 heterocycles. The zero-order valence-corrected chi connectivity index (χ0v) is 11.3. The summed E-state index contributed by atoms with van der Waals surface area (Å²) >= 11 is 1.97. The molecular weight excluding hydrogens is 244 g/mol. The van der Waals surface area contributed by atoms with Crippen molar-refractivity contribution >= 4 is 23.4 Å². The van der Waals surface area contributed by atoms with E-state index < -0.39 is 0 Å². The summed E-state index contributed by atoms with van der Waals surface area (Å²) in [6.45, 7) is 0.825. The number of anilines is 1. The molecule has 0 saturated carbocycles. The fourth-order valence-electron chi connectivity index (χ4n) is 2.06. The predicted molar refractivity (Wildman–Crippen MR) is 77.7 cm³/mol. The molecule has 3 N–H and O–H groups in total.